The van der Waals surface area contributed by atoms with E-state index < -0.39 is 0 Å². The van der Waals surface area contributed by atoms with Gasteiger partial charge in [-0.15, -0.1) is 11.3 Å². The normalized spacial score (nSPS) is 15.5. The minimum atomic E-state index is -0.217. The van der Waals surface area contributed by atoms with Crippen LogP contribution in [0.2, 0.25) is 0 Å². The van der Waals surface area contributed by atoms with Crippen LogP contribution in [0.3, 0.4) is 0 Å². The molecule has 0 saturated heterocycles. The molecule has 1 aliphatic rings. The number of carbonyl (C=O) groups excluding carboxylic acids is 2. The average molecular weight is 391 g/mol. The van der Waals surface area contributed by atoms with Crippen molar-refractivity contribution in [2.45, 2.75) is 26.2 Å². The van der Waals surface area contributed by atoms with Gasteiger partial charge in [0.1, 0.15) is 0 Å². The minimum Gasteiger partial charge on any atom is -0.321 e. The van der Waals surface area contributed by atoms with Crippen molar-refractivity contribution in [1.82, 2.24) is 4.98 Å². The summed E-state index contributed by atoms with van der Waals surface area (Å²) in [5.74, 6) is 0.369. The van der Waals surface area contributed by atoms with E-state index in [-0.39, 0.29) is 11.8 Å². The zero-order valence-electron chi connectivity index (χ0n) is 15.6. The molecule has 2 heterocycles. The molecule has 1 atom stereocenters. The summed E-state index contributed by atoms with van der Waals surface area (Å²) in [6, 6.07) is 12.4. The first-order valence-electron chi connectivity index (χ1n) is 9.33. The van der Waals surface area contributed by atoms with Gasteiger partial charge in [-0.05, 0) is 73.2 Å². The number of fused-ring (bicyclic) bond motifs is 1. The molecule has 142 valence electrons. The van der Waals surface area contributed by atoms with Crippen molar-refractivity contribution in [3.05, 3.63) is 75.7 Å². The number of amides is 2. The maximum Gasteiger partial charge on any atom is 0.265 e. The smallest absolute Gasteiger partial charge is 0.265 e. The highest BCUT2D eigenvalue weighted by atomic mass is 32.1. The molecule has 0 radical (unpaired) electrons. The first kappa shape index (κ1) is 18.4. The number of anilines is 2. The molecule has 0 saturated carbocycles. The first-order valence-corrected chi connectivity index (χ1v) is 10.1. The van der Waals surface area contributed by atoms with Gasteiger partial charge in [-0.2, -0.15) is 0 Å². The molecular weight excluding hydrogens is 370 g/mol. The van der Waals surface area contributed by atoms with E-state index in [2.05, 4.69) is 22.5 Å². The molecule has 1 aliphatic carbocycles. The van der Waals surface area contributed by atoms with Gasteiger partial charge in [0.25, 0.3) is 11.8 Å². The van der Waals surface area contributed by atoms with Crippen LogP contribution in [0.5, 0.6) is 0 Å². The number of thiophene rings is 1. The molecule has 4 rings (SSSR count). The van der Waals surface area contributed by atoms with Crippen LogP contribution in [-0.2, 0) is 12.8 Å². The average Bonchev–Trinajstić information content (AvgIpc) is 3.12. The van der Waals surface area contributed by atoms with Crippen molar-refractivity contribution >= 4 is 34.5 Å². The summed E-state index contributed by atoms with van der Waals surface area (Å²) in [6.07, 6.45) is 6.55. The summed E-state index contributed by atoms with van der Waals surface area (Å²) < 4.78 is 0. The topological polar surface area (TPSA) is 71.1 Å². The molecular formula is C22H21N3O2S. The van der Waals surface area contributed by atoms with Crippen molar-refractivity contribution in [1.29, 1.82) is 0 Å². The number of nitrogens with one attached hydrogen (secondary N) is 2. The molecule has 0 bridgehead atoms. The quantitative estimate of drug-likeness (QED) is 0.673. The number of benzene rings is 1. The third-order valence-corrected chi connectivity index (χ3v) is 6.11. The van der Waals surface area contributed by atoms with Crippen LogP contribution in [0.15, 0.2) is 54.9 Å². The number of hydrogen-bond donors (Lipinski definition) is 2. The van der Waals surface area contributed by atoms with Crippen molar-refractivity contribution in [3.63, 3.8) is 0 Å². The number of pyridine rings is 1. The highest BCUT2D eigenvalue weighted by Crippen LogP contribution is 2.32. The van der Waals surface area contributed by atoms with Crippen LogP contribution in [0.25, 0.3) is 0 Å². The molecule has 1 unspecified atom stereocenters. The van der Waals surface area contributed by atoms with Gasteiger partial charge in [0.15, 0.2) is 0 Å². The van der Waals surface area contributed by atoms with E-state index in [9.17, 15) is 9.59 Å². The van der Waals surface area contributed by atoms with Crippen LogP contribution < -0.4 is 10.6 Å². The van der Waals surface area contributed by atoms with E-state index in [4.69, 9.17) is 0 Å². The van der Waals surface area contributed by atoms with Crippen LogP contribution in [0, 0.1) is 5.92 Å². The molecule has 28 heavy (non-hydrogen) atoms. The first-order chi connectivity index (χ1) is 13.6. The van der Waals surface area contributed by atoms with Crippen molar-refractivity contribution in [2.75, 3.05) is 10.6 Å². The maximum absolute atomic E-state index is 12.6. The molecule has 6 heteroatoms. The zero-order chi connectivity index (χ0) is 19.5. The summed E-state index contributed by atoms with van der Waals surface area (Å²) >= 11 is 1.59. The second-order valence-corrected chi connectivity index (χ2v) is 8.27. The second kappa shape index (κ2) is 7.94. The molecule has 0 fully saturated rings. The van der Waals surface area contributed by atoms with Crippen molar-refractivity contribution in [2.24, 2.45) is 5.92 Å². The lowest BCUT2D eigenvalue weighted by Gasteiger charge is -2.16. The fourth-order valence-corrected chi connectivity index (χ4v) is 4.46. The Balaban J connectivity index is 1.40. The summed E-state index contributed by atoms with van der Waals surface area (Å²) in [7, 11) is 0. The van der Waals surface area contributed by atoms with Gasteiger partial charge in [0, 0.05) is 22.3 Å². The van der Waals surface area contributed by atoms with E-state index in [0.29, 0.717) is 22.9 Å². The van der Waals surface area contributed by atoms with Gasteiger partial charge >= 0.3 is 0 Å². The summed E-state index contributed by atoms with van der Waals surface area (Å²) in [5, 5.41) is 5.71. The fraction of sp³-hybridized carbons (Fsp3) is 0.227. The Hall–Kier alpha value is -2.99. The Bertz CT molecular complexity index is 996. The van der Waals surface area contributed by atoms with Gasteiger partial charge in [0.05, 0.1) is 16.8 Å². The lowest BCUT2D eigenvalue weighted by atomic mass is 9.90. The van der Waals surface area contributed by atoms with Crippen LogP contribution in [-0.4, -0.2) is 16.8 Å². The summed E-state index contributed by atoms with van der Waals surface area (Å²) in [4.78, 5) is 30.9. The molecule has 3 aromatic rings. The monoisotopic (exact) mass is 391 g/mol. The molecule has 2 amide bonds. The van der Waals surface area contributed by atoms with E-state index in [1.165, 1.54) is 16.9 Å². The maximum atomic E-state index is 12.6. The van der Waals surface area contributed by atoms with Crippen molar-refractivity contribution in [3.8, 4) is 0 Å². The highest BCUT2D eigenvalue weighted by Gasteiger charge is 2.20. The van der Waals surface area contributed by atoms with E-state index in [1.54, 1.807) is 60.1 Å². The molecule has 0 spiro atoms. The Morgan fingerprint density at radius 3 is 2.61 bits per heavy atom. The van der Waals surface area contributed by atoms with Crippen LogP contribution in [0.1, 0.15) is 43.8 Å². The fourth-order valence-electron chi connectivity index (χ4n) is 3.36. The third-order valence-electron chi connectivity index (χ3n) is 4.88. The van der Waals surface area contributed by atoms with Crippen molar-refractivity contribution < 1.29 is 9.59 Å². The van der Waals surface area contributed by atoms with Crippen LogP contribution in [0.4, 0.5) is 11.4 Å². The number of nitrogens with zero attached hydrogens (tertiary/aromatic N) is 1. The predicted molar refractivity (Wildman–Crippen MR) is 112 cm³/mol. The standard InChI is InChI=1S/C22H21N3O2S/c1-14-4-9-19-16(11-14)12-20(28-19)22(27)24-17-7-5-15(6-8-17)21(26)25-18-3-2-10-23-13-18/h2-3,5-8,10,12-14H,4,9,11H2,1H3,(H,24,27)(H,25,26). The Labute approximate surface area is 167 Å². The van der Waals surface area contributed by atoms with E-state index in [0.717, 1.165) is 17.7 Å². The molecule has 2 aromatic heterocycles. The van der Waals surface area contributed by atoms with Gasteiger partial charge in [0.2, 0.25) is 0 Å². The van der Waals surface area contributed by atoms with Gasteiger partial charge in [-0.25, -0.2) is 0 Å². The molecule has 2 N–H and O–H groups in total. The Kier molecular flexibility index (Phi) is 5.21. The lowest BCUT2D eigenvalue weighted by molar-refractivity contribution is 0.102. The van der Waals surface area contributed by atoms with Gasteiger partial charge in [-0.3, -0.25) is 14.6 Å². The molecule has 5 nitrogen and oxygen atoms in total. The highest BCUT2D eigenvalue weighted by molar-refractivity contribution is 7.14. The Morgan fingerprint density at radius 2 is 1.86 bits per heavy atom. The van der Waals surface area contributed by atoms with Crippen LogP contribution >= 0.6 is 11.3 Å². The number of rotatable bonds is 4. The SMILES string of the molecule is CC1CCc2sc(C(=O)Nc3ccc(C(=O)Nc4cccnc4)cc3)cc2C1. The zero-order valence-corrected chi connectivity index (χ0v) is 16.4. The molecule has 0 aliphatic heterocycles. The third kappa shape index (κ3) is 4.12. The summed E-state index contributed by atoms with van der Waals surface area (Å²) in [5.41, 5.74) is 3.14. The van der Waals surface area contributed by atoms with E-state index >= 15 is 0 Å². The number of aromatic nitrogens is 1. The second-order valence-electron chi connectivity index (χ2n) is 7.13. The number of aryl methyl sites for hydroxylation is 1. The molecule has 1 aromatic carbocycles. The lowest BCUT2D eigenvalue weighted by Crippen LogP contribution is -2.13. The number of carbonyl (C=O) groups is 2. The Morgan fingerprint density at radius 1 is 1.07 bits per heavy atom. The largest absolute Gasteiger partial charge is 0.321 e. The summed E-state index contributed by atoms with van der Waals surface area (Å²) in [6.45, 7) is 2.26. The minimum absolute atomic E-state index is 0.0976. The van der Waals surface area contributed by atoms with Gasteiger partial charge < -0.3 is 10.6 Å². The van der Waals surface area contributed by atoms with E-state index in [1.807, 2.05) is 6.07 Å². The predicted octanol–water partition coefficient (Wildman–Crippen LogP) is 4.77. The number of hydrogen-bond acceptors (Lipinski definition) is 4. The van der Waals surface area contributed by atoms with Gasteiger partial charge in [-0.1, -0.05) is 6.92 Å².